The second kappa shape index (κ2) is 7.69. The van der Waals surface area contributed by atoms with Gasteiger partial charge >= 0.3 is 6.09 Å². The van der Waals surface area contributed by atoms with Crippen molar-refractivity contribution in [1.82, 2.24) is 19.7 Å². The summed E-state index contributed by atoms with van der Waals surface area (Å²) in [5.41, 5.74) is -0.290. The quantitative estimate of drug-likeness (QED) is 0.761. The third-order valence-electron chi connectivity index (χ3n) is 5.44. The zero-order chi connectivity index (χ0) is 18.8. The Bertz CT molecular complexity index is 760. The molecule has 0 bridgehead atoms. The predicted octanol–water partition coefficient (Wildman–Crippen LogP) is -0.258. The molecule has 3 fully saturated rings. The number of fused-ring (bicyclic) bond motifs is 1. The van der Waals surface area contributed by atoms with E-state index in [0.717, 1.165) is 39.3 Å². The number of morpholine rings is 1. The lowest BCUT2D eigenvalue weighted by molar-refractivity contribution is 0.0362. The molecule has 4 heterocycles. The van der Waals surface area contributed by atoms with E-state index in [2.05, 4.69) is 9.88 Å². The standard InChI is InChI=1S/C18H24N4O5/c23-16-13(3-1-4-19-16)17(24)21-11-14-15(12-21)27-18(25)22(14)6-2-5-20-7-9-26-10-8-20/h1,3-4,14-15H,2,5-12H2,(H,19,23)/t14-,15+/m1/s1. The van der Waals surface area contributed by atoms with Crippen LogP contribution in [0.2, 0.25) is 0 Å². The van der Waals surface area contributed by atoms with E-state index in [1.54, 1.807) is 15.9 Å². The molecule has 0 spiro atoms. The van der Waals surface area contributed by atoms with Crippen LogP contribution in [0.5, 0.6) is 0 Å². The lowest BCUT2D eigenvalue weighted by Gasteiger charge is -2.28. The number of H-pyrrole nitrogens is 1. The van der Waals surface area contributed by atoms with Crippen molar-refractivity contribution in [2.75, 3.05) is 52.5 Å². The highest BCUT2D eigenvalue weighted by Gasteiger charge is 2.48. The van der Waals surface area contributed by atoms with Gasteiger partial charge in [0.15, 0.2) is 0 Å². The number of aromatic nitrogens is 1. The number of amides is 2. The van der Waals surface area contributed by atoms with Gasteiger partial charge in [-0.2, -0.15) is 0 Å². The van der Waals surface area contributed by atoms with Crippen LogP contribution in [-0.2, 0) is 9.47 Å². The van der Waals surface area contributed by atoms with Gasteiger partial charge < -0.3 is 19.4 Å². The van der Waals surface area contributed by atoms with Gasteiger partial charge in [-0.3, -0.25) is 19.4 Å². The molecular formula is C18H24N4O5. The molecule has 9 nitrogen and oxygen atoms in total. The second-order valence-electron chi connectivity index (χ2n) is 7.11. The van der Waals surface area contributed by atoms with Crippen molar-refractivity contribution in [2.45, 2.75) is 18.6 Å². The summed E-state index contributed by atoms with van der Waals surface area (Å²) in [6.07, 6.45) is 1.71. The molecule has 0 aromatic carbocycles. The van der Waals surface area contributed by atoms with Gasteiger partial charge in [-0.25, -0.2) is 4.79 Å². The Morgan fingerprint density at radius 2 is 2.00 bits per heavy atom. The fraction of sp³-hybridized carbons (Fsp3) is 0.611. The minimum Gasteiger partial charge on any atom is -0.442 e. The number of aromatic amines is 1. The Labute approximate surface area is 156 Å². The average Bonchev–Trinajstić information content (AvgIpc) is 3.21. The Morgan fingerprint density at radius 3 is 2.78 bits per heavy atom. The lowest BCUT2D eigenvalue weighted by atomic mass is 10.2. The number of likely N-dealkylation sites (tertiary alicyclic amines) is 1. The normalized spacial score (nSPS) is 25.6. The van der Waals surface area contributed by atoms with Crippen LogP contribution < -0.4 is 5.56 Å². The Hall–Kier alpha value is -2.39. The molecule has 27 heavy (non-hydrogen) atoms. The molecule has 3 saturated heterocycles. The molecule has 3 aliphatic rings. The zero-order valence-electron chi connectivity index (χ0n) is 15.1. The highest BCUT2D eigenvalue weighted by Crippen LogP contribution is 2.27. The maximum atomic E-state index is 12.6. The molecule has 2 atom stereocenters. The minimum atomic E-state index is -0.404. The molecule has 0 unspecified atom stereocenters. The van der Waals surface area contributed by atoms with Gasteiger partial charge in [0, 0.05) is 38.9 Å². The fourth-order valence-electron chi connectivity index (χ4n) is 3.98. The van der Waals surface area contributed by atoms with Crippen LogP contribution in [0.4, 0.5) is 4.79 Å². The van der Waals surface area contributed by atoms with E-state index >= 15 is 0 Å². The highest BCUT2D eigenvalue weighted by atomic mass is 16.6. The van der Waals surface area contributed by atoms with Crippen LogP contribution in [-0.4, -0.2) is 96.3 Å². The van der Waals surface area contributed by atoms with E-state index in [1.807, 2.05) is 0 Å². The smallest absolute Gasteiger partial charge is 0.410 e. The average molecular weight is 376 g/mol. The van der Waals surface area contributed by atoms with Crippen LogP contribution in [0.25, 0.3) is 0 Å². The minimum absolute atomic E-state index is 0.114. The van der Waals surface area contributed by atoms with Crippen LogP contribution >= 0.6 is 0 Å². The summed E-state index contributed by atoms with van der Waals surface area (Å²) >= 11 is 0. The summed E-state index contributed by atoms with van der Waals surface area (Å²) in [6, 6.07) is 3.00. The number of carbonyl (C=O) groups is 2. The van der Waals surface area contributed by atoms with Crippen LogP contribution in [0.1, 0.15) is 16.8 Å². The zero-order valence-corrected chi connectivity index (χ0v) is 15.1. The van der Waals surface area contributed by atoms with Crippen molar-refractivity contribution in [3.63, 3.8) is 0 Å². The second-order valence-corrected chi connectivity index (χ2v) is 7.11. The highest BCUT2D eigenvalue weighted by molar-refractivity contribution is 5.94. The molecule has 1 aromatic heterocycles. The molecule has 3 aliphatic heterocycles. The first-order chi connectivity index (χ1) is 13.1. The molecule has 2 amide bonds. The number of ether oxygens (including phenoxy) is 2. The van der Waals surface area contributed by atoms with Gasteiger partial charge in [0.05, 0.1) is 25.8 Å². The van der Waals surface area contributed by atoms with Crippen LogP contribution in [0, 0.1) is 0 Å². The largest absolute Gasteiger partial charge is 0.442 e. The molecule has 4 rings (SSSR count). The third-order valence-corrected chi connectivity index (χ3v) is 5.44. The molecule has 0 aliphatic carbocycles. The fourth-order valence-corrected chi connectivity index (χ4v) is 3.98. The van der Waals surface area contributed by atoms with Gasteiger partial charge in [-0.1, -0.05) is 0 Å². The Kier molecular flexibility index (Phi) is 5.13. The third kappa shape index (κ3) is 3.70. The van der Waals surface area contributed by atoms with E-state index < -0.39 is 5.56 Å². The summed E-state index contributed by atoms with van der Waals surface area (Å²) in [7, 11) is 0. The number of rotatable bonds is 5. The topological polar surface area (TPSA) is 95.2 Å². The summed E-state index contributed by atoms with van der Waals surface area (Å²) in [5.74, 6) is -0.324. The number of nitrogens with zero attached hydrogens (tertiary/aromatic N) is 3. The predicted molar refractivity (Wildman–Crippen MR) is 95.6 cm³/mol. The van der Waals surface area contributed by atoms with E-state index in [0.29, 0.717) is 19.6 Å². The Balaban J connectivity index is 1.34. The van der Waals surface area contributed by atoms with Gasteiger partial charge in [-0.05, 0) is 18.6 Å². The monoisotopic (exact) mass is 376 g/mol. The van der Waals surface area contributed by atoms with E-state index in [9.17, 15) is 14.4 Å². The number of hydrogen-bond acceptors (Lipinski definition) is 6. The van der Waals surface area contributed by atoms with E-state index in [-0.39, 0.29) is 29.7 Å². The lowest BCUT2D eigenvalue weighted by Crippen LogP contribution is -2.42. The molecular weight excluding hydrogens is 352 g/mol. The molecule has 1 aromatic rings. The van der Waals surface area contributed by atoms with Crippen molar-refractivity contribution in [1.29, 1.82) is 0 Å². The van der Waals surface area contributed by atoms with Crippen molar-refractivity contribution in [3.05, 3.63) is 34.2 Å². The summed E-state index contributed by atoms with van der Waals surface area (Å²) in [4.78, 5) is 44.9. The van der Waals surface area contributed by atoms with Crippen molar-refractivity contribution in [2.24, 2.45) is 0 Å². The van der Waals surface area contributed by atoms with Crippen molar-refractivity contribution >= 4 is 12.0 Å². The molecule has 9 heteroatoms. The first-order valence-electron chi connectivity index (χ1n) is 9.38. The van der Waals surface area contributed by atoms with Crippen molar-refractivity contribution < 1.29 is 19.1 Å². The number of pyridine rings is 1. The van der Waals surface area contributed by atoms with Gasteiger partial charge in [0.2, 0.25) is 0 Å². The SMILES string of the molecule is O=C(c1ccc[nH]c1=O)N1C[C@@H]2OC(=O)N(CCCN3CCOCC3)[C@@H]2C1. The molecule has 146 valence electrons. The first kappa shape index (κ1) is 18.0. The van der Waals surface area contributed by atoms with E-state index in [4.69, 9.17) is 9.47 Å². The molecule has 1 N–H and O–H groups in total. The maximum absolute atomic E-state index is 12.6. The molecule has 0 saturated carbocycles. The summed E-state index contributed by atoms with van der Waals surface area (Å²) in [5, 5.41) is 0. The number of carbonyl (C=O) groups excluding carboxylic acids is 2. The van der Waals surface area contributed by atoms with Gasteiger partial charge in [0.25, 0.3) is 11.5 Å². The summed E-state index contributed by atoms with van der Waals surface area (Å²) in [6.45, 7) is 5.58. The van der Waals surface area contributed by atoms with E-state index in [1.165, 1.54) is 12.3 Å². The van der Waals surface area contributed by atoms with Crippen LogP contribution in [0.3, 0.4) is 0 Å². The van der Waals surface area contributed by atoms with Gasteiger partial charge in [-0.15, -0.1) is 0 Å². The summed E-state index contributed by atoms with van der Waals surface area (Å²) < 4.78 is 10.8. The number of hydrogen-bond donors (Lipinski definition) is 1. The van der Waals surface area contributed by atoms with Crippen LogP contribution in [0.15, 0.2) is 23.1 Å². The number of nitrogens with one attached hydrogen (secondary N) is 1. The van der Waals surface area contributed by atoms with Crippen molar-refractivity contribution in [3.8, 4) is 0 Å². The Morgan fingerprint density at radius 1 is 1.19 bits per heavy atom. The maximum Gasteiger partial charge on any atom is 0.410 e. The molecule has 0 radical (unpaired) electrons. The van der Waals surface area contributed by atoms with Gasteiger partial charge in [0.1, 0.15) is 11.7 Å². The first-order valence-corrected chi connectivity index (χ1v) is 9.38.